The summed E-state index contributed by atoms with van der Waals surface area (Å²) in [5, 5.41) is 0. The number of allylic oxidation sites excluding steroid dienone is 2. The van der Waals surface area contributed by atoms with E-state index in [1.165, 1.54) is 17.7 Å². The van der Waals surface area contributed by atoms with Gasteiger partial charge in [-0.15, -0.1) is 0 Å². The predicted octanol–water partition coefficient (Wildman–Crippen LogP) is 1.54. The molecule has 4 aliphatic rings. The van der Waals surface area contributed by atoms with Crippen molar-refractivity contribution in [2.75, 3.05) is 19.8 Å². The molecule has 2 saturated heterocycles. The Morgan fingerprint density at radius 1 is 1.05 bits per heavy atom. The number of ether oxygens (including phenoxy) is 1. The van der Waals surface area contributed by atoms with Crippen molar-refractivity contribution in [3.05, 3.63) is 12.2 Å². The minimum atomic E-state index is -0.110. The Balaban J connectivity index is 1.48. The second-order valence-electron chi connectivity index (χ2n) is 6.98. The average Bonchev–Trinajstić information content (AvgIpc) is 2.81. The molecule has 0 unspecified atom stereocenters. The highest BCUT2D eigenvalue weighted by Crippen LogP contribution is 2.36. The highest BCUT2D eigenvalue weighted by molar-refractivity contribution is 6.05. The van der Waals surface area contributed by atoms with Crippen LogP contribution in [0, 0.1) is 11.8 Å². The normalized spacial score (nSPS) is 39.0. The number of hydrogen-bond donors (Lipinski definition) is 0. The molecule has 2 amide bonds. The van der Waals surface area contributed by atoms with Gasteiger partial charge >= 0.3 is 0 Å². The number of morpholine rings is 1. The van der Waals surface area contributed by atoms with Crippen molar-refractivity contribution in [3.63, 3.8) is 0 Å². The Hall–Kier alpha value is -1.20. The molecule has 5 nitrogen and oxygen atoms in total. The van der Waals surface area contributed by atoms with Gasteiger partial charge < -0.3 is 4.74 Å². The first kappa shape index (κ1) is 14.4. The lowest BCUT2D eigenvalue weighted by molar-refractivity contribution is -0.148. The summed E-state index contributed by atoms with van der Waals surface area (Å²) >= 11 is 0. The number of carbonyl (C=O) groups excluding carboxylic acids is 2. The number of imide groups is 1. The quantitative estimate of drug-likeness (QED) is 0.573. The van der Waals surface area contributed by atoms with Gasteiger partial charge in [-0.3, -0.25) is 19.4 Å². The first-order valence-electron chi connectivity index (χ1n) is 8.61. The molecular formula is C17H24N2O3. The Morgan fingerprint density at radius 2 is 1.73 bits per heavy atom. The van der Waals surface area contributed by atoms with Gasteiger partial charge in [0.05, 0.1) is 31.2 Å². The van der Waals surface area contributed by atoms with E-state index in [0.717, 1.165) is 32.2 Å². The van der Waals surface area contributed by atoms with Crippen molar-refractivity contribution in [2.45, 2.75) is 50.7 Å². The van der Waals surface area contributed by atoms with Crippen molar-refractivity contribution in [1.29, 1.82) is 0 Å². The van der Waals surface area contributed by atoms with E-state index in [0.29, 0.717) is 25.4 Å². The minimum absolute atomic E-state index is 0.0400. The summed E-state index contributed by atoms with van der Waals surface area (Å²) in [5.41, 5.74) is 0. The zero-order valence-electron chi connectivity index (χ0n) is 12.9. The molecule has 0 N–H and O–H groups in total. The number of hydrogen-bond acceptors (Lipinski definition) is 4. The van der Waals surface area contributed by atoms with Crippen LogP contribution in [0.15, 0.2) is 12.2 Å². The van der Waals surface area contributed by atoms with Crippen molar-refractivity contribution >= 4 is 11.8 Å². The predicted molar refractivity (Wildman–Crippen MR) is 80.8 cm³/mol. The van der Waals surface area contributed by atoms with E-state index in [9.17, 15) is 9.59 Å². The number of fused-ring (bicyclic) bond motifs is 2. The number of likely N-dealkylation sites (tertiary alicyclic amines) is 1. The van der Waals surface area contributed by atoms with Gasteiger partial charge in [-0.25, -0.2) is 0 Å². The zero-order chi connectivity index (χ0) is 15.1. The summed E-state index contributed by atoms with van der Waals surface area (Å²) in [6, 6.07) is 0.379. The highest BCUT2D eigenvalue weighted by Gasteiger charge is 2.48. The van der Waals surface area contributed by atoms with Gasteiger partial charge in [0.1, 0.15) is 0 Å². The minimum Gasteiger partial charge on any atom is -0.375 e. The number of amides is 2. The van der Waals surface area contributed by atoms with Crippen LogP contribution >= 0.6 is 0 Å². The van der Waals surface area contributed by atoms with Gasteiger partial charge in [0.2, 0.25) is 11.8 Å². The fourth-order valence-corrected chi connectivity index (χ4v) is 4.54. The fourth-order valence-electron chi connectivity index (χ4n) is 4.54. The SMILES string of the molecule is O=C1[C@H]2CC=CC[C@H]2C(=O)N1CN1CCO[C@@H]2CCCC[C@@H]21. The molecule has 0 spiro atoms. The Bertz CT molecular complexity index is 476. The van der Waals surface area contributed by atoms with Crippen LogP contribution in [0.1, 0.15) is 38.5 Å². The van der Waals surface area contributed by atoms with Gasteiger partial charge in [-0.2, -0.15) is 0 Å². The Kier molecular flexibility index (Phi) is 3.78. The molecule has 2 aliphatic carbocycles. The molecule has 0 radical (unpaired) electrons. The standard InChI is InChI=1S/C17H24N2O3/c20-16-12-5-1-2-6-13(12)17(21)19(16)11-18-9-10-22-15-8-4-3-7-14(15)18/h1-2,12-15H,3-11H2/t12-,13+,14-,15+/m0/s1. The average molecular weight is 304 g/mol. The van der Waals surface area contributed by atoms with Gasteiger partial charge in [-0.05, 0) is 25.7 Å². The Labute approximate surface area is 131 Å². The maximum atomic E-state index is 12.6. The number of nitrogens with zero attached hydrogens (tertiary/aromatic N) is 2. The molecule has 1 saturated carbocycles. The first-order valence-corrected chi connectivity index (χ1v) is 8.61. The zero-order valence-corrected chi connectivity index (χ0v) is 12.9. The third-order valence-corrected chi connectivity index (χ3v) is 5.77. The van der Waals surface area contributed by atoms with Crippen LogP contribution < -0.4 is 0 Å². The fraction of sp³-hybridized carbons (Fsp3) is 0.765. The molecule has 2 heterocycles. The molecule has 2 aliphatic heterocycles. The van der Waals surface area contributed by atoms with Crippen LogP contribution in [0.5, 0.6) is 0 Å². The summed E-state index contributed by atoms with van der Waals surface area (Å²) in [7, 11) is 0. The largest absolute Gasteiger partial charge is 0.375 e. The van der Waals surface area contributed by atoms with E-state index in [1.54, 1.807) is 0 Å². The van der Waals surface area contributed by atoms with Crippen molar-refractivity contribution < 1.29 is 14.3 Å². The Morgan fingerprint density at radius 3 is 2.45 bits per heavy atom. The van der Waals surface area contributed by atoms with Crippen LogP contribution in [0.4, 0.5) is 0 Å². The second-order valence-corrected chi connectivity index (χ2v) is 6.98. The summed E-state index contributed by atoms with van der Waals surface area (Å²) < 4.78 is 5.88. The van der Waals surface area contributed by atoms with E-state index in [-0.39, 0.29) is 23.7 Å². The van der Waals surface area contributed by atoms with Crippen molar-refractivity contribution in [1.82, 2.24) is 9.80 Å². The van der Waals surface area contributed by atoms with Crippen LogP contribution in [-0.4, -0.2) is 53.6 Å². The van der Waals surface area contributed by atoms with Crippen LogP contribution in [-0.2, 0) is 14.3 Å². The third kappa shape index (κ3) is 2.31. The molecule has 4 rings (SSSR count). The molecule has 120 valence electrons. The van der Waals surface area contributed by atoms with Crippen molar-refractivity contribution in [3.8, 4) is 0 Å². The molecule has 0 aromatic carbocycles. The smallest absolute Gasteiger partial charge is 0.234 e. The molecule has 0 aromatic rings. The van der Waals surface area contributed by atoms with Crippen LogP contribution in [0.25, 0.3) is 0 Å². The van der Waals surface area contributed by atoms with Crippen LogP contribution in [0.2, 0.25) is 0 Å². The van der Waals surface area contributed by atoms with Gasteiger partial charge in [-0.1, -0.05) is 25.0 Å². The lowest BCUT2D eigenvalue weighted by Gasteiger charge is -2.44. The number of rotatable bonds is 2. The topological polar surface area (TPSA) is 49.9 Å². The summed E-state index contributed by atoms with van der Waals surface area (Å²) in [6.07, 6.45) is 10.5. The maximum Gasteiger partial charge on any atom is 0.234 e. The molecular weight excluding hydrogens is 280 g/mol. The first-order chi connectivity index (χ1) is 10.8. The lowest BCUT2D eigenvalue weighted by atomic mass is 9.85. The number of carbonyl (C=O) groups is 2. The molecule has 0 bridgehead atoms. The van der Waals surface area contributed by atoms with Gasteiger partial charge in [0.25, 0.3) is 0 Å². The van der Waals surface area contributed by atoms with Crippen LogP contribution in [0.3, 0.4) is 0 Å². The monoisotopic (exact) mass is 304 g/mol. The van der Waals surface area contributed by atoms with Crippen molar-refractivity contribution in [2.24, 2.45) is 11.8 Å². The summed E-state index contributed by atoms with van der Waals surface area (Å²) in [6.45, 7) is 2.01. The van der Waals surface area contributed by atoms with E-state index in [4.69, 9.17) is 4.74 Å². The molecule has 22 heavy (non-hydrogen) atoms. The highest BCUT2D eigenvalue weighted by atomic mass is 16.5. The second kappa shape index (κ2) is 5.78. The molecule has 5 heteroatoms. The van der Waals surface area contributed by atoms with Gasteiger partial charge in [0.15, 0.2) is 0 Å². The molecule has 0 aromatic heterocycles. The molecule has 3 fully saturated rings. The lowest BCUT2D eigenvalue weighted by Crippen LogP contribution is -2.56. The van der Waals surface area contributed by atoms with E-state index in [2.05, 4.69) is 4.90 Å². The third-order valence-electron chi connectivity index (χ3n) is 5.77. The van der Waals surface area contributed by atoms with E-state index < -0.39 is 0 Å². The van der Waals surface area contributed by atoms with E-state index in [1.807, 2.05) is 12.2 Å². The molecule has 4 atom stereocenters. The van der Waals surface area contributed by atoms with E-state index >= 15 is 0 Å². The summed E-state index contributed by atoms with van der Waals surface area (Å²) in [5.74, 6) is -0.141. The summed E-state index contributed by atoms with van der Waals surface area (Å²) in [4.78, 5) is 29.0. The maximum absolute atomic E-state index is 12.6. The van der Waals surface area contributed by atoms with Gasteiger partial charge in [0, 0.05) is 12.6 Å².